The summed E-state index contributed by atoms with van der Waals surface area (Å²) in [6.07, 6.45) is 1.66. The molecule has 0 fully saturated rings. The van der Waals surface area contributed by atoms with Crippen LogP contribution in [0.4, 0.5) is 0 Å². The molecule has 0 N–H and O–H groups in total. The lowest BCUT2D eigenvalue weighted by atomic mass is 10.3. The maximum Gasteiger partial charge on any atom is 0.151 e. The van der Waals surface area contributed by atoms with Crippen molar-refractivity contribution in [2.24, 2.45) is 0 Å². The van der Waals surface area contributed by atoms with Crippen LogP contribution >= 0.6 is 0 Å². The highest BCUT2D eigenvalue weighted by Gasteiger charge is 2.17. The molecule has 1 aromatic rings. The van der Waals surface area contributed by atoms with Gasteiger partial charge in [0.2, 0.25) is 0 Å². The van der Waals surface area contributed by atoms with Gasteiger partial charge in [-0.25, -0.2) is 8.42 Å². The highest BCUT2D eigenvalue weighted by molar-refractivity contribution is 7.91. The number of hydrogen-bond acceptors (Lipinski definition) is 5. The molecule has 6 heteroatoms. The third-order valence-electron chi connectivity index (χ3n) is 3.13. The number of ether oxygens (including phenoxy) is 1. The van der Waals surface area contributed by atoms with Crippen molar-refractivity contribution >= 4 is 9.84 Å². The molecule has 0 bridgehead atoms. The van der Waals surface area contributed by atoms with Crippen LogP contribution in [-0.4, -0.2) is 50.0 Å². The van der Waals surface area contributed by atoms with E-state index in [1.54, 1.807) is 20.2 Å². The fraction of sp³-hybridized carbons (Fsp3) is 0.615. The van der Waals surface area contributed by atoms with Crippen LogP contribution in [-0.2, 0) is 16.4 Å². The Balaban J connectivity index is 2.60. The average molecular weight is 286 g/mol. The minimum Gasteiger partial charge on any atom is -0.495 e. The standard InChI is InChI=1S/C13H22N2O3S/c1-5-19(16,17)10-11(2)15(3)9-12-6-7-13(18-4)8-14-12/h6-8,11H,5,9-10H2,1-4H3/t11-/m0/s1. The average Bonchev–Trinajstić information content (AvgIpc) is 2.39. The Morgan fingerprint density at radius 1 is 1.42 bits per heavy atom. The second kappa shape index (κ2) is 6.86. The summed E-state index contributed by atoms with van der Waals surface area (Å²) in [7, 11) is 0.553. The molecule has 1 heterocycles. The number of methoxy groups -OCH3 is 1. The van der Waals surface area contributed by atoms with Gasteiger partial charge in [-0.2, -0.15) is 0 Å². The van der Waals surface area contributed by atoms with E-state index in [0.29, 0.717) is 12.3 Å². The smallest absolute Gasteiger partial charge is 0.151 e. The van der Waals surface area contributed by atoms with Crippen molar-refractivity contribution in [3.63, 3.8) is 0 Å². The van der Waals surface area contributed by atoms with Crippen molar-refractivity contribution in [2.45, 2.75) is 26.4 Å². The van der Waals surface area contributed by atoms with Crippen LogP contribution in [0, 0.1) is 0 Å². The number of hydrogen-bond donors (Lipinski definition) is 0. The molecule has 0 unspecified atom stereocenters. The van der Waals surface area contributed by atoms with Crippen LogP contribution < -0.4 is 4.74 Å². The van der Waals surface area contributed by atoms with Gasteiger partial charge < -0.3 is 4.74 Å². The van der Waals surface area contributed by atoms with Gasteiger partial charge in [-0.3, -0.25) is 9.88 Å². The molecule has 0 radical (unpaired) electrons. The van der Waals surface area contributed by atoms with E-state index in [0.717, 1.165) is 5.69 Å². The van der Waals surface area contributed by atoms with E-state index in [1.165, 1.54) is 0 Å². The highest BCUT2D eigenvalue weighted by Crippen LogP contribution is 2.11. The van der Waals surface area contributed by atoms with E-state index in [1.807, 2.05) is 31.0 Å². The molecule has 0 aliphatic rings. The van der Waals surface area contributed by atoms with Crippen molar-refractivity contribution < 1.29 is 13.2 Å². The van der Waals surface area contributed by atoms with E-state index < -0.39 is 9.84 Å². The van der Waals surface area contributed by atoms with Gasteiger partial charge in [-0.05, 0) is 26.1 Å². The third-order valence-corrected chi connectivity index (χ3v) is 5.00. The zero-order valence-corrected chi connectivity index (χ0v) is 12.8. The highest BCUT2D eigenvalue weighted by atomic mass is 32.2. The molecule has 0 aliphatic heterocycles. The molecule has 0 spiro atoms. The Bertz CT molecular complexity index is 485. The van der Waals surface area contributed by atoms with Crippen molar-refractivity contribution in [3.05, 3.63) is 24.0 Å². The summed E-state index contributed by atoms with van der Waals surface area (Å²) in [5, 5.41) is 0. The van der Waals surface area contributed by atoms with Crippen LogP contribution in [0.2, 0.25) is 0 Å². The van der Waals surface area contributed by atoms with E-state index in [2.05, 4.69) is 4.98 Å². The fourth-order valence-electron chi connectivity index (χ4n) is 1.65. The van der Waals surface area contributed by atoms with Crippen LogP contribution in [0.1, 0.15) is 19.5 Å². The second-order valence-electron chi connectivity index (χ2n) is 4.65. The van der Waals surface area contributed by atoms with Crippen molar-refractivity contribution in [2.75, 3.05) is 25.7 Å². The summed E-state index contributed by atoms with van der Waals surface area (Å²) in [6.45, 7) is 4.20. The molecule has 0 amide bonds. The number of aromatic nitrogens is 1. The number of nitrogens with zero attached hydrogens (tertiary/aromatic N) is 2. The largest absolute Gasteiger partial charge is 0.495 e. The predicted octanol–water partition coefficient (Wildman–Crippen LogP) is 1.35. The van der Waals surface area contributed by atoms with Gasteiger partial charge in [0, 0.05) is 18.3 Å². The van der Waals surface area contributed by atoms with Crippen molar-refractivity contribution in [1.29, 1.82) is 0 Å². The quantitative estimate of drug-likeness (QED) is 0.757. The van der Waals surface area contributed by atoms with Crippen LogP contribution in [0.25, 0.3) is 0 Å². The molecule has 19 heavy (non-hydrogen) atoms. The number of sulfone groups is 1. The van der Waals surface area contributed by atoms with Crippen molar-refractivity contribution in [1.82, 2.24) is 9.88 Å². The first kappa shape index (κ1) is 15.9. The number of pyridine rings is 1. The minimum atomic E-state index is -2.95. The van der Waals surface area contributed by atoms with Gasteiger partial charge >= 0.3 is 0 Å². The molecule has 0 aromatic carbocycles. The zero-order valence-electron chi connectivity index (χ0n) is 12.0. The lowest BCUT2D eigenvalue weighted by molar-refractivity contribution is 0.264. The molecule has 1 aromatic heterocycles. The van der Waals surface area contributed by atoms with Crippen LogP contribution in [0.3, 0.4) is 0 Å². The van der Waals surface area contributed by atoms with Crippen LogP contribution in [0.15, 0.2) is 18.3 Å². The lowest BCUT2D eigenvalue weighted by Crippen LogP contribution is -2.35. The monoisotopic (exact) mass is 286 g/mol. The third kappa shape index (κ3) is 5.16. The summed E-state index contributed by atoms with van der Waals surface area (Å²) in [5.41, 5.74) is 0.893. The molecule has 1 atom stereocenters. The van der Waals surface area contributed by atoms with Crippen molar-refractivity contribution in [3.8, 4) is 5.75 Å². The normalized spacial score (nSPS) is 13.5. The molecule has 108 valence electrons. The Morgan fingerprint density at radius 2 is 2.11 bits per heavy atom. The first-order valence-corrected chi connectivity index (χ1v) is 8.09. The summed E-state index contributed by atoms with van der Waals surface area (Å²) in [5.74, 6) is 1.08. The van der Waals surface area contributed by atoms with Gasteiger partial charge in [-0.1, -0.05) is 6.92 Å². The molecule has 1 rings (SSSR count). The number of rotatable bonds is 7. The maximum atomic E-state index is 11.6. The first-order chi connectivity index (χ1) is 8.88. The molecule has 0 saturated carbocycles. The maximum absolute atomic E-state index is 11.6. The summed E-state index contributed by atoms with van der Waals surface area (Å²) in [6, 6.07) is 3.70. The fourth-order valence-corrected chi connectivity index (χ4v) is 2.87. The van der Waals surface area contributed by atoms with Gasteiger partial charge in [0.15, 0.2) is 9.84 Å². The van der Waals surface area contributed by atoms with Gasteiger partial charge in [0.25, 0.3) is 0 Å². The van der Waals surface area contributed by atoms with E-state index >= 15 is 0 Å². The Hall–Kier alpha value is -1.14. The second-order valence-corrected chi connectivity index (χ2v) is 7.05. The summed E-state index contributed by atoms with van der Waals surface area (Å²) >= 11 is 0. The topological polar surface area (TPSA) is 59.5 Å². The molecule has 0 aliphatic carbocycles. The summed E-state index contributed by atoms with van der Waals surface area (Å²) in [4.78, 5) is 6.26. The Kier molecular flexibility index (Phi) is 5.75. The van der Waals surface area contributed by atoms with Gasteiger partial charge in [-0.15, -0.1) is 0 Å². The zero-order chi connectivity index (χ0) is 14.5. The van der Waals surface area contributed by atoms with Crippen LogP contribution in [0.5, 0.6) is 5.75 Å². The predicted molar refractivity (Wildman–Crippen MR) is 76.0 cm³/mol. The van der Waals surface area contributed by atoms with E-state index in [4.69, 9.17) is 4.74 Å². The lowest BCUT2D eigenvalue weighted by Gasteiger charge is -2.24. The first-order valence-electron chi connectivity index (χ1n) is 6.27. The summed E-state index contributed by atoms with van der Waals surface area (Å²) < 4.78 is 28.2. The van der Waals surface area contributed by atoms with Gasteiger partial charge in [0.1, 0.15) is 5.75 Å². The van der Waals surface area contributed by atoms with Gasteiger partial charge in [0.05, 0.1) is 24.8 Å². The van der Waals surface area contributed by atoms with E-state index in [-0.39, 0.29) is 17.5 Å². The molecular formula is C13H22N2O3S. The molecule has 5 nitrogen and oxygen atoms in total. The Labute approximate surface area is 115 Å². The van der Waals surface area contributed by atoms with E-state index in [9.17, 15) is 8.42 Å². The molecule has 0 saturated heterocycles. The SMILES string of the molecule is CCS(=O)(=O)C[C@H](C)N(C)Cc1ccc(OC)cn1. The molecular weight excluding hydrogens is 264 g/mol. The Morgan fingerprint density at radius 3 is 2.58 bits per heavy atom. The minimum absolute atomic E-state index is 0.0335.